The Morgan fingerprint density at radius 2 is 2.37 bits per heavy atom. The lowest BCUT2D eigenvalue weighted by Crippen LogP contribution is -2.50. The molecule has 2 fully saturated rings. The van der Waals surface area contributed by atoms with Gasteiger partial charge in [-0.25, -0.2) is 0 Å². The zero-order chi connectivity index (χ0) is 13.7. The van der Waals surface area contributed by atoms with Crippen molar-refractivity contribution in [3.63, 3.8) is 0 Å². The molecule has 2 N–H and O–H groups in total. The maximum absolute atomic E-state index is 11.9. The van der Waals surface area contributed by atoms with Gasteiger partial charge in [-0.05, 0) is 25.3 Å². The van der Waals surface area contributed by atoms with Gasteiger partial charge in [-0.2, -0.15) is 0 Å². The Labute approximate surface area is 116 Å². The Morgan fingerprint density at radius 1 is 1.53 bits per heavy atom. The van der Waals surface area contributed by atoms with Crippen LogP contribution in [0.3, 0.4) is 0 Å². The lowest BCUT2D eigenvalue weighted by molar-refractivity contribution is -0.124. The molecule has 1 amide bonds. The quantitative estimate of drug-likeness (QED) is 0.749. The number of carbonyl (C=O) groups is 1. The van der Waals surface area contributed by atoms with Crippen LogP contribution in [-0.4, -0.2) is 62.3 Å². The van der Waals surface area contributed by atoms with Crippen molar-refractivity contribution in [1.82, 2.24) is 15.5 Å². The Balaban J connectivity index is 1.68. The third-order valence-electron chi connectivity index (χ3n) is 3.73. The van der Waals surface area contributed by atoms with Crippen LogP contribution in [0.5, 0.6) is 0 Å². The topological polar surface area (TPSA) is 53.6 Å². The van der Waals surface area contributed by atoms with Crippen molar-refractivity contribution < 1.29 is 9.53 Å². The summed E-state index contributed by atoms with van der Waals surface area (Å²) in [7, 11) is 0. The van der Waals surface area contributed by atoms with Gasteiger partial charge in [0.05, 0.1) is 18.8 Å². The van der Waals surface area contributed by atoms with Gasteiger partial charge in [0.25, 0.3) is 0 Å². The average molecular weight is 269 g/mol. The molecule has 0 aromatic heterocycles. The lowest BCUT2D eigenvalue weighted by Gasteiger charge is -2.34. The van der Waals surface area contributed by atoms with Gasteiger partial charge >= 0.3 is 0 Å². The monoisotopic (exact) mass is 269 g/mol. The summed E-state index contributed by atoms with van der Waals surface area (Å²) in [5, 5.41) is 6.23. The second-order valence-electron chi connectivity index (χ2n) is 6.04. The van der Waals surface area contributed by atoms with Crippen molar-refractivity contribution in [3.05, 3.63) is 0 Å². The minimum absolute atomic E-state index is 0.00959. The number of rotatable bonds is 5. The van der Waals surface area contributed by atoms with E-state index in [1.165, 1.54) is 0 Å². The molecule has 2 rings (SSSR count). The van der Waals surface area contributed by atoms with Crippen LogP contribution in [0, 0.1) is 5.92 Å². The first kappa shape index (κ1) is 14.8. The zero-order valence-electron chi connectivity index (χ0n) is 12.2. The Morgan fingerprint density at radius 3 is 3.05 bits per heavy atom. The van der Waals surface area contributed by atoms with E-state index in [-0.39, 0.29) is 18.1 Å². The molecule has 0 spiro atoms. The molecule has 2 atom stereocenters. The van der Waals surface area contributed by atoms with Gasteiger partial charge in [0.15, 0.2) is 0 Å². The molecule has 2 saturated heterocycles. The molecule has 0 bridgehead atoms. The Bertz CT molecular complexity index is 290. The summed E-state index contributed by atoms with van der Waals surface area (Å²) in [6.45, 7) is 9.87. The first-order chi connectivity index (χ1) is 9.15. The molecule has 0 aromatic rings. The minimum Gasteiger partial charge on any atom is -0.374 e. The fraction of sp³-hybridized carbons (Fsp3) is 0.929. The fourth-order valence-electron chi connectivity index (χ4n) is 2.83. The van der Waals surface area contributed by atoms with Gasteiger partial charge < -0.3 is 15.4 Å². The second kappa shape index (κ2) is 7.22. The highest BCUT2D eigenvalue weighted by molar-refractivity contribution is 5.82. The molecule has 2 aliphatic heterocycles. The van der Waals surface area contributed by atoms with Crippen LogP contribution in [-0.2, 0) is 9.53 Å². The molecule has 0 radical (unpaired) electrons. The third kappa shape index (κ3) is 4.75. The summed E-state index contributed by atoms with van der Waals surface area (Å²) >= 11 is 0. The number of carbonyl (C=O) groups excluding carboxylic acids is 1. The smallest absolute Gasteiger partial charge is 0.237 e. The molecule has 19 heavy (non-hydrogen) atoms. The van der Waals surface area contributed by atoms with Crippen molar-refractivity contribution in [2.45, 2.75) is 38.8 Å². The summed E-state index contributed by atoms with van der Waals surface area (Å²) in [5.74, 6) is 0.804. The number of nitrogens with one attached hydrogen (secondary N) is 2. The van der Waals surface area contributed by atoms with Gasteiger partial charge in [0, 0.05) is 26.2 Å². The van der Waals surface area contributed by atoms with Gasteiger partial charge in [-0.3, -0.25) is 9.69 Å². The Kier molecular flexibility index (Phi) is 5.60. The Hall–Kier alpha value is -0.650. The van der Waals surface area contributed by atoms with E-state index in [4.69, 9.17) is 4.74 Å². The number of hydrogen-bond acceptors (Lipinski definition) is 4. The van der Waals surface area contributed by atoms with Crippen molar-refractivity contribution in [2.75, 3.05) is 39.3 Å². The molecular weight excluding hydrogens is 242 g/mol. The van der Waals surface area contributed by atoms with Crippen molar-refractivity contribution in [3.8, 4) is 0 Å². The van der Waals surface area contributed by atoms with E-state index in [9.17, 15) is 4.79 Å². The molecule has 0 aliphatic carbocycles. The van der Waals surface area contributed by atoms with E-state index in [2.05, 4.69) is 29.4 Å². The second-order valence-corrected chi connectivity index (χ2v) is 6.04. The van der Waals surface area contributed by atoms with Crippen molar-refractivity contribution in [2.24, 2.45) is 5.92 Å². The maximum Gasteiger partial charge on any atom is 0.237 e. The SMILES string of the molecule is CC(C)CN1CCOC(CNC(=O)C2CCCN2)C1. The van der Waals surface area contributed by atoms with Gasteiger partial charge in [-0.15, -0.1) is 0 Å². The minimum atomic E-state index is 0.00959. The highest BCUT2D eigenvalue weighted by atomic mass is 16.5. The zero-order valence-corrected chi connectivity index (χ0v) is 12.2. The van der Waals surface area contributed by atoms with E-state index in [0.29, 0.717) is 12.5 Å². The molecule has 2 aliphatic rings. The normalized spacial score (nSPS) is 28.8. The molecule has 2 heterocycles. The summed E-state index contributed by atoms with van der Waals surface area (Å²) in [6, 6.07) is 0.00959. The van der Waals surface area contributed by atoms with E-state index >= 15 is 0 Å². The van der Waals surface area contributed by atoms with Crippen LogP contribution < -0.4 is 10.6 Å². The largest absolute Gasteiger partial charge is 0.374 e. The molecule has 110 valence electrons. The van der Waals surface area contributed by atoms with Gasteiger partial charge in [0.1, 0.15) is 0 Å². The van der Waals surface area contributed by atoms with Gasteiger partial charge in [-0.1, -0.05) is 13.8 Å². The number of nitrogens with zero attached hydrogens (tertiary/aromatic N) is 1. The molecule has 0 saturated carbocycles. The fourth-order valence-corrected chi connectivity index (χ4v) is 2.83. The van der Waals surface area contributed by atoms with Crippen LogP contribution in [0.1, 0.15) is 26.7 Å². The summed E-state index contributed by atoms with van der Waals surface area (Å²) in [6.07, 6.45) is 2.19. The highest BCUT2D eigenvalue weighted by Gasteiger charge is 2.25. The molecule has 2 unspecified atom stereocenters. The first-order valence-corrected chi connectivity index (χ1v) is 7.50. The van der Waals surface area contributed by atoms with E-state index < -0.39 is 0 Å². The number of morpholine rings is 1. The van der Waals surface area contributed by atoms with Crippen LogP contribution in [0.15, 0.2) is 0 Å². The van der Waals surface area contributed by atoms with Crippen LogP contribution in [0.2, 0.25) is 0 Å². The average Bonchev–Trinajstić information content (AvgIpc) is 2.89. The number of ether oxygens (including phenoxy) is 1. The van der Waals surface area contributed by atoms with Crippen molar-refractivity contribution >= 4 is 5.91 Å². The summed E-state index contributed by atoms with van der Waals surface area (Å²) in [5.41, 5.74) is 0. The lowest BCUT2D eigenvalue weighted by atomic mass is 10.1. The van der Waals surface area contributed by atoms with Crippen LogP contribution in [0.4, 0.5) is 0 Å². The standard InChI is InChI=1S/C14H27N3O2/c1-11(2)9-17-6-7-19-12(10-17)8-16-14(18)13-4-3-5-15-13/h11-13,15H,3-10H2,1-2H3,(H,16,18). The highest BCUT2D eigenvalue weighted by Crippen LogP contribution is 2.08. The molecular formula is C14H27N3O2. The molecule has 5 nitrogen and oxygen atoms in total. The number of amides is 1. The van der Waals surface area contributed by atoms with E-state index in [0.717, 1.165) is 45.6 Å². The van der Waals surface area contributed by atoms with E-state index in [1.807, 2.05) is 0 Å². The summed E-state index contributed by atoms with van der Waals surface area (Å²) in [4.78, 5) is 14.3. The predicted octanol–water partition coefficient (Wildman–Crippen LogP) is 0.211. The van der Waals surface area contributed by atoms with E-state index in [1.54, 1.807) is 0 Å². The van der Waals surface area contributed by atoms with Crippen LogP contribution in [0.25, 0.3) is 0 Å². The number of hydrogen-bond donors (Lipinski definition) is 2. The van der Waals surface area contributed by atoms with Gasteiger partial charge in [0.2, 0.25) is 5.91 Å². The third-order valence-corrected chi connectivity index (χ3v) is 3.73. The first-order valence-electron chi connectivity index (χ1n) is 7.50. The maximum atomic E-state index is 11.9. The molecule has 0 aromatic carbocycles. The summed E-state index contributed by atoms with van der Waals surface area (Å²) < 4.78 is 5.73. The van der Waals surface area contributed by atoms with Crippen molar-refractivity contribution in [1.29, 1.82) is 0 Å². The molecule has 5 heteroatoms. The predicted molar refractivity (Wildman–Crippen MR) is 75.1 cm³/mol. The van der Waals surface area contributed by atoms with Crippen LogP contribution >= 0.6 is 0 Å².